The van der Waals surface area contributed by atoms with Gasteiger partial charge in [-0.1, -0.05) is 0 Å². The Morgan fingerprint density at radius 3 is 2.48 bits per heavy atom. The Kier molecular flexibility index (Phi) is 5.54. The topological polar surface area (TPSA) is 73.9 Å². The van der Waals surface area contributed by atoms with Crippen LogP contribution in [0.2, 0.25) is 0 Å². The molecule has 1 aromatic rings. The van der Waals surface area contributed by atoms with E-state index in [1.165, 1.54) is 4.31 Å². The van der Waals surface area contributed by atoms with E-state index >= 15 is 0 Å². The van der Waals surface area contributed by atoms with E-state index in [2.05, 4.69) is 15.5 Å². The first-order valence-electron chi connectivity index (χ1n) is 9.58. The smallest absolute Gasteiger partial charge is 0.243 e. The quantitative estimate of drug-likeness (QED) is 0.717. The number of sulfonamides is 1. The van der Waals surface area contributed by atoms with Crippen LogP contribution in [0.5, 0.6) is 0 Å². The molecule has 2 heterocycles. The van der Waals surface area contributed by atoms with Gasteiger partial charge in [0.05, 0.1) is 29.5 Å². The molecule has 0 atom stereocenters. The molecule has 4 rings (SSSR count). The van der Waals surface area contributed by atoms with Crippen LogP contribution >= 0.6 is 12.2 Å². The number of morpholine rings is 1. The summed E-state index contributed by atoms with van der Waals surface area (Å²) in [5.74, 6) is 0. The van der Waals surface area contributed by atoms with E-state index < -0.39 is 10.0 Å². The summed E-state index contributed by atoms with van der Waals surface area (Å²) in [6, 6.07) is 5.78. The highest BCUT2D eigenvalue weighted by Gasteiger charge is 2.28. The van der Waals surface area contributed by atoms with Gasteiger partial charge in [-0.05, 0) is 56.1 Å². The van der Waals surface area contributed by atoms with Crippen LogP contribution in [-0.2, 0) is 14.8 Å². The third-order valence-electron chi connectivity index (χ3n) is 5.18. The van der Waals surface area contributed by atoms with E-state index in [9.17, 15) is 8.42 Å². The third-order valence-corrected chi connectivity index (χ3v) is 7.30. The summed E-state index contributed by atoms with van der Waals surface area (Å²) in [5.41, 5.74) is 1.76. The second-order valence-electron chi connectivity index (χ2n) is 7.26. The maximum Gasteiger partial charge on any atom is 0.243 e. The van der Waals surface area contributed by atoms with Crippen molar-refractivity contribution in [1.82, 2.24) is 9.62 Å². The highest BCUT2D eigenvalue weighted by molar-refractivity contribution is 7.89. The molecule has 148 valence electrons. The Bertz CT molecular complexity index is 799. The molecular weight excluding hydrogens is 384 g/mol. The number of ether oxygens (including phenoxy) is 1. The van der Waals surface area contributed by atoms with Gasteiger partial charge in [0.1, 0.15) is 0 Å². The van der Waals surface area contributed by atoms with Crippen LogP contribution in [0.4, 0.5) is 11.4 Å². The molecule has 3 aliphatic rings. The first-order chi connectivity index (χ1) is 13.0. The summed E-state index contributed by atoms with van der Waals surface area (Å²) >= 11 is 5.43. The fraction of sp³-hybridized carbons (Fsp3) is 0.611. The number of nitrogens with one attached hydrogen (secondary N) is 2. The predicted molar refractivity (Wildman–Crippen MR) is 110 cm³/mol. The van der Waals surface area contributed by atoms with Gasteiger partial charge in [-0.15, -0.1) is 0 Å². The lowest BCUT2D eigenvalue weighted by molar-refractivity contribution is 0.0730. The zero-order chi connectivity index (χ0) is 18.9. The molecule has 2 N–H and O–H groups in total. The van der Waals surface area contributed by atoms with Crippen LogP contribution in [0.3, 0.4) is 0 Å². The van der Waals surface area contributed by atoms with E-state index in [1.54, 1.807) is 12.1 Å². The zero-order valence-electron chi connectivity index (χ0n) is 15.3. The van der Waals surface area contributed by atoms with Crippen LogP contribution in [0.15, 0.2) is 23.1 Å². The molecule has 0 spiro atoms. The van der Waals surface area contributed by atoms with Crippen molar-refractivity contribution in [2.45, 2.75) is 36.6 Å². The van der Waals surface area contributed by atoms with E-state index in [0.29, 0.717) is 42.4 Å². The maximum absolute atomic E-state index is 13.0. The average Bonchev–Trinajstić information content (AvgIpc) is 3.31. The van der Waals surface area contributed by atoms with Crippen LogP contribution in [0, 0.1) is 0 Å². The number of anilines is 2. The lowest BCUT2D eigenvalue weighted by atomic mass is 10.2. The summed E-state index contributed by atoms with van der Waals surface area (Å²) in [5, 5.41) is 7.07. The van der Waals surface area contributed by atoms with Crippen molar-refractivity contribution < 1.29 is 13.2 Å². The van der Waals surface area contributed by atoms with Gasteiger partial charge in [0, 0.05) is 32.2 Å². The van der Waals surface area contributed by atoms with Crippen molar-refractivity contribution in [3.05, 3.63) is 18.2 Å². The van der Waals surface area contributed by atoms with Crippen molar-refractivity contribution in [3.8, 4) is 0 Å². The summed E-state index contributed by atoms with van der Waals surface area (Å²) < 4.78 is 32.8. The van der Waals surface area contributed by atoms with E-state index in [0.717, 1.165) is 50.1 Å². The van der Waals surface area contributed by atoms with Gasteiger partial charge in [-0.3, -0.25) is 0 Å². The molecule has 1 aliphatic carbocycles. The molecule has 9 heteroatoms. The predicted octanol–water partition coefficient (Wildman–Crippen LogP) is 1.76. The number of thiocarbonyl (C=S) groups is 1. The average molecular weight is 411 g/mol. The molecule has 0 radical (unpaired) electrons. The summed E-state index contributed by atoms with van der Waals surface area (Å²) in [4.78, 5) is 2.58. The second kappa shape index (κ2) is 7.90. The minimum absolute atomic E-state index is 0.295. The normalized spacial score (nSPS) is 21.3. The van der Waals surface area contributed by atoms with Crippen molar-refractivity contribution in [3.63, 3.8) is 0 Å². The molecule has 0 unspecified atom stereocenters. The fourth-order valence-corrected chi connectivity index (χ4v) is 5.23. The lowest BCUT2D eigenvalue weighted by Gasteiger charge is -2.27. The molecule has 2 saturated heterocycles. The highest BCUT2D eigenvalue weighted by atomic mass is 32.2. The van der Waals surface area contributed by atoms with Gasteiger partial charge in [0.25, 0.3) is 0 Å². The maximum atomic E-state index is 13.0. The molecule has 1 saturated carbocycles. The zero-order valence-corrected chi connectivity index (χ0v) is 16.9. The number of nitrogens with zero attached hydrogens (tertiary/aromatic N) is 2. The molecular formula is C18H26N4O3S2. The molecule has 2 aliphatic heterocycles. The largest absolute Gasteiger partial charge is 0.379 e. The van der Waals surface area contributed by atoms with Gasteiger partial charge in [-0.25, -0.2) is 8.42 Å². The minimum Gasteiger partial charge on any atom is -0.379 e. The number of benzene rings is 1. The third kappa shape index (κ3) is 4.37. The Morgan fingerprint density at radius 1 is 1.11 bits per heavy atom. The molecule has 3 fully saturated rings. The molecule has 27 heavy (non-hydrogen) atoms. The monoisotopic (exact) mass is 410 g/mol. The Labute approximate surface area is 166 Å². The van der Waals surface area contributed by atoms with Crippen LogP contribution in [-0.4, -0.2) is 63.3 Å². The summed E-state index contributed by atoms with van der Waals surface area (Å²) in [6.45, 7) is 3.61. The molecule has 0 bridgehead atoms. The van der Waals surface area contributed by atoms with Gasteiger partial charge >= 0.3 is 0 Å². The Balaban J connectivity index is 1.62. The van der Waals surface area contributed by atoms with Crippen LogP contribution < -0.4 is 15.5 Å². The Morgan fingerprint density at radius 2 is 1.81 bits per heavy atom. The SMILES string of the molecule is O=S(=O)(c1ccc(N2CCCC2)c(NC(=S)NC2CC2)c1)N1CCOCC1. The van der Waals surface area contributed by atoms with Crippen molar-refractivity contribution >= 4 is 38.7 Å². The highest BCUT2D eigenvalue weighted by Crippen LogP contribution is 2.32. The van der Waals surface area contributed by atoms with E-state index in [4.69, 9.17) is 17.0 Å². The molecule has 7 nitrogen and oxygen atoms in total. The number of hydrogen-bond donors (Lipinski definition) is 2. The van der Waals surface area contributed by atoms with E-state index in [1.807, 2.05) is 6.07 Å². The van der Waals surface area contributed by atoms with Crippen molar-refractivity contribution in [1.29, 1.82) is 0 Å². The number of rotatable bonds is 5. The standard InChI is InChI=1S/C18H26N4O3S2/c23-27(24,22-9-11-25-12-10-22)15-5-6-17(21-7-1-2-8-21)16(13-15)20-18(26)19-14-3-4-14/h5-6,13-14H,1-4,7-12H2,(H2,19,20,26). The van der Waals surface area contributed by atoms with Gasteiger partial charge in [-0.2, -0.15) is 4.31 Å². The first kappa shape index (κ1) is 18.9. The fourth-order valence-electron chi connectivity index (χ4n) is 3.52. The van der Waals surface area contributed by atoms with Gasteiger partial charge < -0.3 is 20.3 Å². The molecule has 0 amide bonds. The minimum atomic E-state index is -3.54. The number of hydrogen-bond acceptors (Lipinski definition) is 5. The molecule has 1 aromatic carbocycles. The second-order valence-corrected chi connectivity index (χ2v) is 9.61. The summed E-state index contributed by atoms with van der Waals surface area (Å²) in [7, 11) is -3.54. The van der Waals surface area contributed by atoms with Crippen LogP contribution in [0.25, 0.3) is 0 Å². The first-order valence-corrected chi connectivity index (χ1v) is 11.4. The van der Waals surface area contributed by atoms with Crippen LogP contribution in [0.1, 0.15) is 25.7 Å². The van der Waals surface area contributed by atoms with Gasteiger partial charge in [0.2, 0.25) is 10.0 Å². The van der Waals surface area contributed by atoms with E-state index in [-0.39, 0.29) is 0 Å². The molecule has 0 aromatic heterocycles. The van der Waals surface area contributed by atoms with Gasteiger partial charge in [0.15, 0.2) is 5.11 Å². The van der Waals surface area contributed by atoms with Crippen molar-refractivity contribution in [2.75, 3.05) is 49.6 Å². The lowest BCUT2D eigenvalue weighted by Crippen LogP contribution is -2.40. The Hall–Kier alpha value is -1.42. The van der Waals surface area contributed by atoms with Crippen molar-refractivity contribution in [2.24, 2.45) is 0 Å². The summed E-state index contributed by atoms with van der Waals surface area (Å²) in [6.07, 6.45) is 4.56.